The molecule has 2 N–H and O–H groups in total. The fraction of sp³-hybridized carbons (Fsp3) is 0.467. The number of hydrogen-bond donors (Lipinski definition) is 1. The summed E-state index contributed by atoms with van der Waals surface area (Å²) in [6.07, 6.45) is 2.65. The number of nitrogens with zero attached hydrogens (tertiary/aromatic N) is 3. The smallest absolute Gasteiger partial charge is 0.151 e. The van der Waals surface area contributed by atoms with E-state index in [1.54, 1.807) is 0 Å². The molecule has 0 amide bonds. The minimum absolute atomic E-state index is 0.190. The summed E-state index contributed by atoms with van der Waals surface area (Å²) in [5, 5.41) is 4.54. The highest BCUT2D eigenvalue weighted by Gasteiger charge is 2.09. The Morgan fingerprint density at radius 1 is 1.16 bits per heavy atom. The molecule has 1 heterocycles. The summed E-state index contributed by atoms with van der Waals surface area (Å²) in [5.41, 5.74) is 8.14. The third-order valence-corrected chi connectivity index (χ3v) is 3.09. The van der Waals surface area contributed by atoms with Gasteiger partial charge in [-0.15, -0.1) is 0 Å². The number of aromatic nitrogens is 3. The fourth-order valence-electron chi connectivity index (χ4n) is 2.12. The quantitative estimate of drug-likeness (QED) is 0.895. The Bertz CT molecular complexity index is 526. The van der Waals surface area contributed by atoms with E-state index in [0.717, 1.165) is 36.6 Å². The van der Waals surface area contributed by atoms with Gasteiger partial charge in [0.05, 0.1) is 5.69 Å². The van der Waals surface area contributed by atoms with Gasteiger partial charge in [-0.25, -0.2) is 9.67 Å². The van der Waals surface area contributed by atoms with Crippen LogP contribution < -0.4 is 5.73 Å². The van der Waals surface area contributed by atoms with Crippen molar-refractivity contribution in [1.29, 1.82) is 0 Å². The van der Waals surface area contributed by atoms with Gasteiger partial charge in [0.25, 0.3) is 0 Å². The first-order valence-corrected chi connectivity index (χ1v) is 6.93. The molecular formula is C15H22N4. The van der Waals surface area contributed by atoms with Crippen LogP contribution in [0.25, 0.3) is 5.69 Å². The highest BCUT2D eigenvalue weighted by molar-refractivity contribution is 5.35. The van der Waals surface area contributed by atoms with Gasteiger partial charge in [-0.05, 0) is 31.0 Å². The first kappa shape index (κ1) is 13.7. The predicted octanol–water partition coefficient (Wildman–Crippen LogP) is 2.28. The third-order valence-electron chi connectivity index (χ3n) is 3.09. The van der Waals surface area contributed by atoms with Crippen LogP contribution in [0.1, 0.15) is 38.0 Å². The molecule has 1 atom stereocenters. The Hall–Kier alpha value is -1.68. The number of hydrogen-bond acceptors (Lipinski definition) is 3. The molecule has 0 fully saturated rings. The molecule has 0 saturated heterocycles. The molecule has 1 aromatic carbocycles. The van der Waals surface area contributed by atoms with Gasteiger partial charge in [-0.2, -0.15) is 5.10 Å². The van der Waals surface area contributed by atoms with Crippen molar-refractivity contribution in [3.05, 3.63) is 41.5 Å². The SMILES string of the molecule is CCc1nc(CC)n(-c2ccc(CC(C)N)cc2)n1. The van der Waals surface area contributed by atoms with E-state index in [-0.39, 0.29) is 6.04 Å². The maximum absolute atomic E-state index is 5.81. The molecule has 0 aliphatic carbocycles. The van der Waals surface area contributed by atoms with Gasteiger partial charge >= 0.3 is 0 Å². The Morgan fingerprint density at radius 3 is 2.37 bits per heavy atom. The van der Waals surface area contributed by atoms with Crippen molar-refractivity contribution in [2.24, 2.45) is 5.73 Å². The Morgan fingerprint density at radius 2 is 1.84 bits per heavy atom. The minimum atomic E-state index is 0.190. The van der Waals surface area contributed by atoms with E-state index in [4.69, 9.17) is 5.73 Å². The first-order chi connectivity index (χ1) is 9.13. The Balaban J connectivity index is 2.28. The maximum atomic E-state index is 5.81. The Kier molecular flexibility index (Phi) is 4.32. The van der Waals surface area contributed by atoms with Crippen molar-refractivity contribution in [3.63, 3.8) is 0 Å². The van der Waals surface area contributed by atoms with E-state index in [2.05, 4.69) is 48.2 Å². The summed E-state index contributed by atoms with van der Waals surface area (Å²) in [6, 6.07) is 8.60. The van der Waals surface area contributed by atoms with Gasteiger partial charge < -0.3 is 5.73 Å². The largest absolute Gasteiger partial charge is 0.328 e. The van der Waals surface area contributed by atoms with Gasteiger partial charge in [0, 0.05) is 18.9 Å². The molecule has 0 bridgehead atoms. The van der Waals surface area contributed by atoms with Crippen molar-refractivity contribution in [2.75, 3.05) is 0 Å². The second-order valence-corrected chi connectivity index (χ2v) is 4.91. The molecule has 0 saturated carbocycles. The third kappa shape index (κ3) is 3.20. The number of aryl methyl sites for hydroxylation is 2. The molecule has 0 aliphatic rings. The van der Waals surface area contributed by atoms with Gasteiger partial charge in [0.15, 0.2) is 5.82 Å². The van der Waals surface area contributed by atoms with Crippen LogP contribution in [0.4, 0.5) is 0 Å². The number of benzene rings is 1. The number of rotatable bonds is 5. The summed E-state index contributed by atoms with van der Waals surface area (Å²) < 4.78 is 1.94. The second kappa shape index (κ2) is 5.97. The lowest BCUT2D eigenvalue weighted by Crippen LogP contribution is -2.17. The zero-order valence-corrected chi connectivity index (χ0v) is 11.9. The lowest BCUT2D eigenvalue weighted by Gasteiger charge is -2.08. The van der Waals surface area contributed by atoms with Gasteiger partial charge in [-0.1, -0.05) is 26.0 Å². The zero-order valence-electron chi connectivity index (χ0n) is 11.9. The highest BCUT2D eigenvalue weighted by Crippen LogP contribution is 2.13. The van der Waals surface area contributed by atoms with E-state index in [9.17, 15) is 0 Å². The second-order valence-electron chi connectivity index (χ2n) is 4.91. The fourth-order valence-corrected chi connectivity index (χ4v) is 2.12. The topological polar surface area (TPSA) is 56.7 Å². The zero-order chi connectivity index (χ0) is 13.8. The molecule has 0 spiro atoms. The summed E-state index contributed by atoms with van der Waals surface area (Å²) in [6.45, 7) is 6.20. The van der Waals surface area contributed by atoms with Gasteiger partial charge in [-0.3, -0.25) is 0 Å². The van der Waals surface area contributed by atoms with Gasteiger partial charge in [0.2, 0.25) is 0 Å². The van der Waals surface area contributed by atoms with Crippen molar-refractivity contribution in [3.8, 4) is 5.69 Å². The van der Waals surface area contributed by atoms with Crippen molar-refractivity contribution < 1.29 is 0 Å². The molecule has 2 rings (SSSR count). The Labute approximate surface area is 114 Å². The molecule has 102 valence electrons. The van der Waals surface area contributed by atoms with Crippen LogP contribution in [-0.4, -0.2) is 20.8 Å². The average molecular weight is 258 g/mol. The van der Waals surface area contributed by atoms with Crippen LogP contribution in [0.3, 0.4) is 0 Å². The minimum Gasteiger partial charge on any atom is -0.328 e. The molecule has 4 heteroatoms. The highest BCUT2D eigenvalue weighted by atomic mass is 15.3. The first-order valence-electron chi connectivity index (χ1n) is 6.93. The summed E-state index contributed by atoms with van der Waals surface area (Å²) in [5.74, 6) is 1.91. The van der Waals surface area contributed by atoms with Crippen molar-refractivity contribution >= 4 is 0 Å². The summed E-state index contributed by atoms with van der Waals surface area (Å²) >= 11 is 0. The molecule has 1 unspecified atom stereocenters. The van der Waals surface area contributed by atoms with Crippen LogP contribution in [0, 0.1) is 0 Å². The molecular weight excluding hydrogens is 236 g/mol. The molecule has 1 aromatic heterocycles. The number of nitrogens with two attached hydrogens (primary N) is 1. The summed E-state index contributed by atoms with van der Waals surface area (Å²) in [4.78, 5) is 4.53. The van der Waals surface area contributed by atoms with Crippen LogP contribution in [0.5, 0.6) is 0 Å². The van der Waals surface area contributed by atoms with Gasteiger partial charge in [0.1, 0.15) is 5.82 Å². The van der Waals surface area contributed by atoms with Crippen LogP contribution in [0.15, 0.2) is 24.3 Å². The van der Waals surface area contributed by atoms with Crippen molar-refractivity contribution in [1.82, 2.24) is 14.8 Å². The predicted molar refractivity (Wildman–Crippen MR) is 77.5 cm³/mol. The van der Waals surface area contributed by atoms with E-state index in [1.165, 1.54) is 5.56 Å². The van der Waals surface area contributed by atoms with Crippen molar-refractivity contribution in [2.45, 2.75) is 46.1 Å². The maximum Gasteiger partial charge on any atom is 0.151 e. The monoisotopic (exact) mass is 258 g/mol. The van der Waals surface area contributed by atoms with E-state index >= 15 is 0 Å². The normalized spacial score (nSPS) is 12.6. The molecule has 19 heavy (non-hydrogen) atoms. The van der Waals surface area contributed by atoms with E-state index in [0.29, 0.717) is 0 Å². The standard InChI is InChI=1S/C15H22N4/c1-4-14-17-15(5-2)19(18-14)13-8-6-12(7-9-13)10-11(3)16/h6-9,11H,4-5,10,16H2,1-3H3. The molecule has 4 nitrogen and oxygen atoms in total. The molecule has 2 aromatic rings. The van der Waals surface area contributed by atoms with Crippen LogP contribution in [-0.2, 0) is 19.3 Å². The van der Waals surface area contributed by atoms with E-state index in [1.807, 2.05) is 11.6 Å². The van der Waals surface area contributed by atoms with Crippen LogP contribution in [0.2, 0.25) is 0 Å². The summed E-state index contributed by atoms with van der Waals surface area (Å²) in [7, 11) is 0. The molecule has 0 aliphatic heterocycles. The lowest BCUT2D eigenvalue weighted by molar-refractivity contribution is 0.736. The average Bonchev–Trinajstić information content (AvgIpc) is 2.82. The van der Waals surface area contributed by atoms with Crippen LogP contribution >= 0.6 is 0 Å². The lowest BCUT2D eigenvalue weighted by atomic mass is 10.1. The molecule has 0 radical (unpaired) electrons. The van der Waals surface area contributed by atoms with E-state index < -0.39 is 0 Å².